The van der Waals surface area contributed by atoms with Crippen molar-refractivity contribution in [1.82, 2.24) is 16.0 Å². The predicted molar refractivity (Wildman–Crippen MR) is 129 cm³/mol. The Morgan fingerprint density at radius 1 is 0.971 bits per heavy atom. The van der Waals surface area contributed by atoms with Crippen LogP contribution in [0.3, 0.4) is 0 Å². The van der Waals surface area contributed by atoms with Crippen molar-refractivity contribution in [3.8, 4) is 11.5 Å². The number of benzene rings is 2. The zero-order valence-electron chi connectivity index (χ0n) is 20.0. The summed E-state index contributed by atoms with van der Waals surface area (Å²) in [4.78, 5) is 38.4. The lowest BCUT2D eigenvalue weighted by molar-refractivity contribution is -0.127. The molecule has 0 bridgehead atoms. The second-order valence-electron chi connectivity index (χ2n) is 10.1. The number of nitrogens with one attached hydrogen (secondary N) is 3. The number of allylic oxidation sites excluding steroid dienone is 2. The lowest BCUT2D eigenvalue weighted by Crippen LogP contribution is -2.66. The second-order valence-corrected chi connectivity index (χ2v) is 10.1. The molecule has 5 rings (SSSR count). The van der Waals surface area contributed by atoms with Crippen molar-refractivity contribution >= 4 is 17.7 Å². The fourth-order valence-electron chi connectivity index (χ4n) is 5.38. The van der Waals surface area contributed by atoms with Gasteiger partial charge in [-0.3, -0.25) is 14.9 Å². The Hall–Kier alpha value is -3.81. The van der Waals surface area contributed by atoms with Crippen molar-refractivity contribution in [3.05, 3.63) is 70.9 Å². The first-order valence-corrected chi connectivity index (χ1v) is 11.7. The molecule has 3 amide bonds. The Morgan fingerprint density at radius 2 is 1.74 bits per heavy atom. The predicted octanol–water partition coefficient (Wildman–Crippen LogP) is 3.39. The lowest BCUT2D eigenvalue weighted by Gasteiger charge is -2.46. The van der Waals surface area contributed by atoms with Crippen LogP contribution in [0.5, 0.6) is 11.5 Å². The number of imide groups is 1. The van der Waals surface area contributed by atoms with Crippen LogP contribution in [-0.4, -0.2) is 31.0 Å². The number of ketones is 1. The Morgan fingerprint density at radius 3 is 2.49 bits per heavy atom. The third-order valence-corrected chi connectivity index (χ3v) is 6.89. The zero-order valence-corrected chi connectivity index (χ0v) is 20.0. The van der Waals surface area contributed by atoms with Crippen molar-refractivity contribution in [2.45, 2.75) is 45.4 Å². The van der Waals surface area contributed by atoms with Gasteiger partial charge in [0.25, 0.3) is 0 Å². The Balaban J connectivity index is 1.54. The summed E-state index contributed by atoms with van der Waals surface area (Å²) in [5, 5.41) is 8.48. The summed E-state index contributed by atoms with van der Waals surface area (Å²) < 4.78 is 11.6. The summed E-state index contributed by atoms with van der Waals surface area (Å²) in [6.07, 6.45) is 0.438. The number of carbonyl (C=O) groups is 3. The van der Waals surface area contributed by atoms with Crippen molar-refractivity contribution < 1.29 is 23.9 Å². The second kappa shape index (κ2) is 8.76. The van der Waals surface area contributed by atoms with Crippen LogP contribution in [0.1, 0.15) is 43.7 Å². The first-order valence-electron chi connectivity index (χ1n) is 11.7. The maximum atomic E-state index is 13.4. The number of hydrogen-bond acceptors (Lipinski definition) is 6. The van der Waals surface area contributed by atoms with Gasteiger partial charge in [0.1, 0.15) is 12.8 Å². The van der Waals surface area contributed by atoms with Gasteiger partial charge >= 0.3 is 6.03 Å². The SMILES string of the molecule is COc1cc(C2C3=C(CC(C)(C)CC3=O)NC3NC(=O)NC(=O)C32)ccc1OCc1ccccc1. The van der Waals surface area contributed by atoms with Crippen LogP contribution in [0.15, 0.2) is 59.8 Å². The molecule has 3 N–H and O–H groups in total. The number of rotatable bonds is 5. The van der Waals surface area contributed by atoms with E-state index in [9.17, 15) is 14.4 Å². The van der Waals surface area contributed by atoms with Crippen molar-refractivity contribution in [1.29, 1.82) is 0 Å². The largest absolute Gasteiger partial charge is 0.493 e. The maximum Gasteiger partial charge on any atom is 0.323 e. The number of methoxy groups -OCH3 is 1. The summed E-state index contributed by atoms with van der Waals surface area (Å²) in [6, 6.07) is 14.8. The molecular formula is C27H29N3O5. The van der Waals surface area contributed by atoms with Crippen LogP contribution in [-0.2, 0) is 16.2 Å². The van der Waals surface area contributed by atoms with Gasteiger partial charge in [-0.2, -0.15) is 0 Å². The van der Waals surface area contributed by atoms with Crippen molar-refractivity contribution in [2.75, 3.05) is 7.11 Å². The van der Waals surface area contributed by atoms with Crippen LogP contribution < -0.4 is 25.4 Å². The number of urea groups is 1. The maximum absolute atomic E-state index is 13.4. The first kappa shape index (κ1) is 23.0. The quantitative estimate of drug-likeness (QED) is 0.612. The Labute approximate surface area is 204 Å². The highest BCUT2D eigenvalue weighted by atomic mass is 16.5. The smallest absolute Gasteiger partial charge is 0.323 e. The molecule has 35 heavy (non-hydrogen) atoms. The monoisotopic (exact) mass is 475 g/mol. The standard InChI is InChI=1S/C27H29N3O5/c1-27(2)12-17-22(18(31)13-27)21(23-24(28-17)29-26(33)30-25(23)32)16-9-10-19(20(11-16)34-3)35-14-15-7-5-4-6-8-15/h4-11,21,23-24,28H,12-14H2,1-3H3,(H2,29,30,32,33). The molecule has 3 aliphatic rings. The van der Waals surface area contributed by atoms with Gasteiger partial charge in [0.2, 0.25) is 5.91 Å². The van der Waals surface area contributed by atoms with Gasteiger partial charge in [0.15, 0.2) is 17.3 Å². The highest BCUT2D eigenvalue weighted by molar-refractivity contribution is 6.04. The molecule has 0 spiro atoms. The molecule has 1 fully saturated rings. The van der Waals surface area contributed by atoms with E-state index in [4.69, 9.17) is 9.47 Å². The van der Waals surface area contributed by atoms with E-state index in [0.717, 1.165) is 16.8 Å². The molecule has 8 heteroatoms. The molecule has 2 aromatic carbocycles. The van der Waals surface area contributed by atoms with Gasteiger partial charge in [-0.05, 0) is 35.1 Å². The minimum absolute atomic E-state index is 0.0141. The molecule has 8 nitrogen and oxygen atoms in total. The third-order valence-electron chi connectivity index (χ3n) is 6.89. The van der Waals surface area contributed by atoms with Gasteiger partial charge in [-0.1, -0.05) is 50.2 Å². The van der Waals surface area contributed by atoms with E-state index >= 15 is 0 Å². The average molecular weight is 476 g/mol. The molecular weight excluding hydrogens is 446 g/mol. The minimum Gasteiger partial charge on any atom is -0.493 e. The van der Waals surface area contributed by atoms with Crippen LogP contribution in [0.4, 0.5) is 4.79 Å². The van der Waals surface area contributed by atoms with Crippen LogP contribution in [0, 0.1) is 11.3 Å². The van der Waals surface area contributed by atoms with Gasteiger partial charge in [-0.25, -0.2) is 4.79 Å². The number of Topliss-reactive ketones (excluding diaryl/α,β-unsaturated/α-hetero) is 1. The lowest BCUT2D eigenvalue weighted by atomic mass is 9.66. The summed E-state index contributed by atoms with van der Waals surface area (Å²) in [6.45, 7) is 4.48. The van der Waals surface area contributed by atoms with Crippen LogP contribution in [0.25, 0.3) is 0 Å². The molecule has 182 valence electrons. The van der Waals surface area contributed by atoms with E-state index < -0.39 is 29.9 Å². The highest BCUT2D eigenvalue weighted by Crippen LogP contribution is 2.48. The first-order chi connectivity index (χ1) is 16.8. The molecule has 2 heterocycles. The summed E-state index contributed by atoms with van der Waals surface area (Å²) in [7, 11) is 1.56. The number of ether oxygens (including phenoxy) is 2. The molecule has 2 aromatic rings. The minimum atomic E-state index is -0.683. The fourth-order valence-corrected chi connectivity index (χ4v) is 5.38. The van der Waals surface area contributed by atoms with Crippen molar-refractivity contribution in [2.24, 2.45) is 11.3 Å². The summed E-state index contributed by atoms with van der Waals surface area (Å²) >= 11 is 0. The number of hydrogen-bond donors (Lipinski definition) is 3. The molecule has 3 unspecified atom stereocenters. The van der Waals surface area contributed by atoms with E-state index in [2.05, 4.69) is 16.0 Å². The van der Waals surface area contributed by atoms with E-state index in [0.29, 0.717) is 36.5 Å². The van der Waals surface area contributed by atoms with Crippen LogP contribution >= 0.6 is 0 Å². The van der Waals surface area contributed by atoms with E-state index in [1.165, 1.54) is 0 Å². The summed E-state index contributed by atoms with van der Waals surface area (Å²) in [5.41, 5.74) is 2.97. The Kier molecular flexibility index (Phi) is 5.75. The number of amides is 3. The molecule has 0 radical (unpaired) electrons. The van der Waals surface area contributed by atoms with Gasteiger partial charge in [0.05, 0.1) is 13.0 Å². The Bertz CT molecular complexity index is 1220. The zero-order chi connectivity index (χ0) is 24.7. The fraction of sp³-hybridized carbons (Fsp3) is 0.370. The normalized spacial score (nSPS) is 25.0. The van der Waals surface area contributed by atoms with E-state index in [1.807, 2.05) is 62.4 Å². The molecule has 0 saturated carbocycles. The third kappa shape index (κ3) is 4.36. The van der Waals surface area contributed by atoms with Gasteiger partial charge < -0.3 is 20.1 Å². The molecule has 1 aliphatic carbocycles. The van der Waals surface area contributed by atoms with E-state index in [-0.39, 0.29) is 11.2 Å². The van der Waals surface area contributed by atoms with E-state index in [1.54, 1.807) is 7.11 Å². The number of carbonyl (C=O) groups excluding carboxylic acids is 3. The highest BCUT2D eigenvalue weighted by Gasteiger charge is 2.51. The molecule has 0 aromatic heterocycles. The van der Waals surface area contributed by atoms with Crippen LogP contribution in [0.2, 0.25) is 0 Å². The average Bonchev–Trinajstić information content (AvgIpc) is 2.81. The molecule has 1 saturated heterocycles. The van der Waals surface area contributed by atoms with Crippen molar-refractivity contribution in [3.63, 3.8) is 0 Å². The number of fused-ring (bicyclic) bond motifs is 1. The van der Waals surface area contributed by atoms with Gasteiger partial charge in [-0.15, -0.1) is 0 Å². The summed E-state index contributed by atoms with van der Waals surface area (Å²) in [5.74, 6) is -0.532. The topological polar surface area (TPSA) is 106 Å². The van der Waals surface area contributed by atoms with Gasteiger partial charge in [0, 0.05) is 23.6 Å². The molecule has 2 aliphatic heterocycles. The molecule has 3 atom stereocenters.